The highest BCUT2D eigenvalue weighted by molar-refractivity contribution is 5.78. The van der Waals surface area contributed by atoms with Gasteiger partial charge in [0.2, 0.25) is 5.91 Å². The monoisotopic (exact) mass is 496 g/mol. The van der Waals surface area contributed by atoms with Crippen LogP contribution in [-0.2, 0) is 16.1 Å². The molecule has 36 heavy (non-hydrogen) atoms. The molecule has 3 N–H and O–H groups in total. The summed E-state index contributed by atoms with van der Waals surface area (Å²) >= 11 is 0. The summed E-state index contributed by atoms with van der Waals surface area (Å²) in [6, 6.07) is 18.1. The summed E-state index contributed by atoms with van der Waals surface area (Å²) in [7, 11) is 1.43. The molecular formula is C28H37FN4O3. The molecule has 0 aliphatic rings. The number of aliphatic hydroxyl groups is 1. The number of hydrogen-bond donors (Lipinski definition) is 2. The lowest BCUT2D eigenvalue weighted by molar-refractivity contribution is -0.142. The third-order valence-corrected chi connectivity index (χ3v) is 6.08. The first-order chi connectivity index (χ1) is 17.2. The van der Waals surface area contributed by atoms with E-state index in [2.05, 4.69) is 0 Å². The highest BCUT2D eigenvalue weighted by Crippen LogP contribution is 2.39. The third kappa shape index (κ3) is 6.78. The number of benzene rings is 2. The Bertz CT molecular complexity index is 1100. The maximum atomic E-state index is 15.1. The van der Waals surface area contributed by atoms with Gasteiger partial charge in [0.15, 0.2) is 0 Å². The van der Waals surface area contributed by atoms with Crippen LogP contribution < -0.4 is 5.73 Å². The maximum absolute atomic E-state index is 15.1. The molecule has 0 radical (unpaired) electrons. The number of aromatic nitrogens is 2. The zero-order chi connectivity index (χ0) is 26.3. The smallest absolute Gasteiger partial charge is 0.249 e. The van der Waals surface area contributed by atoms with Gasteiger partial charge in [0.1, 0.15) is 18.6 Å². The standard InChI is InChI=1S/C28H37FN4O3/c1-28(2,3)26(33(25(35)19-36-4)16-22(29)23(30)18-34)27-31-24(21-13-9-6-10-14-21)17-32(27)15-20-11-7-5-8-12-20/h5-14,17,22-23,26,34H,15-16,18-19,30H2,1-4H3. The first-order valence-corrected chi connectivity index (χ1v) is 12.1. The van der Waals surface area contributed by atoms with Crippen molar-refractivity contribution in [3.63, 3.8) is 0 Å². The molecule has 0 saturated heterocycles. The van der Waals surface area contributed by atoms with Crippen molar-refractivity contribution in [3.8, 4) is 11.3 Å². The van der Waals surface area contributed by atoms with Gasteiger partial charge in [-0.15, -0.1) is 0 Å². The minimum Gasteiger partial charge on any atom is -0.395 e. The lowest BCUT2D eigenvalue weighted by Crippen LogP contribution is -2.50. The molecule has 3 aromatic rings. The van der Waals surface area contributed by atoms with E-state index in [1.54, 1.807) is 0 Å². The molecule has 0 bridgehead atoms. The molecule has 0 aliphatic heterocycles. The highest BCUT2D eigenvalue weighted by Gasteiger charge is 2.40. The number of alkyl halides is 1. The van der Waals surface area contributed by atoms with E-state index in [4.69, 9.17) is 15.5 Å². The summed E-state index contributed by atoms with van der Waals surface area (Å²) in [5.74, 6) is 0.264. The molecule has 8 heteroatoms. The Hall–Kier alpha value is -3.07. The van der Waals surface area contributed by atoms with Crippen LogP contribution in [0.1, 0.15) is 38.2 Å². The number of aliphatic hydroxyl groups excluding tert-OH is 1. The maximum Gasteiger partial charge on any atom is 0.249 e. The van der Waals surface area contributed by atoms with Crippen molar-refractivity contribution < 1.29 is 19.0 Å². The number of methoxy groups -OCH3 is 1. The fourth-order valence-electron chi connectivity index (χ4n) is 4.29. The molecule has 0 fully saturated rings. The fourth-order valence-corrected chi connectivity index (χ4v) is 4.29. The lowest BCUT2D eigenvalue weighted by Gasteiger charge is -2.41. The van der Waals surface area contributed by atoms with Crippen LogP contribution in [0.4, 0.5) is 4.39 Å². The van der Waals surface area contributed by atoms with E-state index in [1.807, 2.05) is 92.2 Å². The number of halogens is 1. The van der Waals surface area contributed by atoms with Gasteiger partial charge >= 0.3 is 0 Å². The van der Waals surface area contributed by atoms with Gasteiger partial charge in [0.05, 0.1) is 30.9 Å². The number of nitrogens with zero attached hydrogens (tertiary/aromatic N) is 3. The first kappa shape index (κ1) is 27.5. The van der Waals surface area contributed by atoms with Crippen molar-refractivity contribution >= 4 is 5.91 Å². The van der Waals surface area contributed by atoms with Crippen LogP contribution in [-0.4, -0.2) is 64.5 Å². The molecule has 0 saturated carbocycles. The minimum absolute atomic E-state index is 0.210. The van der Waals surface area contributed by atoms with Gasteiger partial charge in [-0.1, -0.05) is 81.4 Å². The topological polar surface area (TPSA) is 93.6 Å². The summed E-state index contributed by atoms with van der Waals surface area (Å²) in [5, 5.41) is 9.40. The molecule has 1 amide bonds. The van der Waals surface area contributed by atoms with Gasteiger partial charge in [0.25, 0.3) is 0 Å². The number of nitrogens with two attached hydrogens (primary N) is 1. The summed E-state index contributed by atoms with van der Waals surface area (Å²) in [5.41, 5.74) is 8.05. The highest BCUT2D eigenvalue weighted by atomic mass is 19.1. The number of carbonyl (C=O) groups is 1. The largest absolute Gasteiger partial charge is 0.395 e. The van der Waals surface area contributed by atoms with Crippen LogP contribution >= 0.6 is 0 Å². The summed E-state index contributed by atoms with van der Waals surface area (Å²) in [6.07, 6.45) is 0.355. The number of hydrogen-bond acceptors (Lipinski definition) is 5. The molecule has 7 nitrogen and oxygen atoms in total. The predicted octanol–water partition coefficient (Wildman–Crippen LogP) is 3.82. The summed E-state index contributed by atoms with van der Waals surface area (Å²) < 4.78 is 22.2. The van der Waals surface area contributed by atoms with Crippen LogP contribution in [0, 0.1) is 5.41 Å². The van der Waals surface area contributed by atoms with Crippen molar-refractivity contribution in [3.05, 3.63) is 78.2 Å². The predicted molar refractivity (Wildman–Crippen MR) is 139 cm³/mol. The van der Waals surface area contributed by atoms with E-state index in [0.29, 0.717) is 12.4 Å². The Labute approximate surface area is 212 Å². The van der Waals surface area contributed by atoms with Crippen molar-refractivity contribution in [2.75, 3.05) is 26.9 Å². The Balaban J connectivity index is 2.16. The second-order valence-electron chi connectivity index (χ2n) is 10.1. The second-order valence-corrected chi connectivity index (χ2v) is 10.1. The Kier molecular flexibility index (Phi) is 9.37. The summed E-state index contributed by atoms with van der Waals surface area (Å²) in [6.45, 7) is 5.50. The minimum atomic E-state index is -1.62. The van der Waals surface area contributed by atoms with Crippen molar-refractivity contribution in [1.29, 1.82) is 0 Å². The number of amides is 1. The number of imidazole rings is 1. The average Bonchev–Trinajstić information content (AvgIpc) is 3.26. The van der Waals surface area contributed by atoms with Gasteiger partial charge in [-0.25, -0.2) is 9.37 Å². The van der Waals surface area contributed by atoms with Crippen molar-refractivity contribution in [2.24, 2.45) is 11.1 Å². The van der Waals surface area contributed by atoms with Crippen LogP contribution in [0.2, 0.25) is 0 Å². The number of rotatable bonds is 11. The Morgan fingerprint density at radius 3 is 2.31 bits per heavy atom. The molecule has 3 atom stereocenters. The van der Waals surface area contributed by atoms with Crippen molar-refractivity contribution in [1.82, 2.24) is 14.5 Å². The SMILES string of the molecule is COCC(=O)N(CC(F)C(N)CO)C(c1nc(-c2ccccc2)cn1Cc1ccccc1)C(C)(C)C. The van der Waals surface area contributed by atoms with E-state index in [0.717, 1.165) is 16.8 Å². The lowest BCUT2D eigenvalue weighted by atomic mass is 9.84. The zero-order valence-corrected chi connectivity index (χ0v) is 21.5. The van der Waals surface area contributed by atoms with E-state index in [1.165, 1.54) is 12.0 Å². The molecule has 0 spiro atoms. The Morgan fingerprint density at radius 1 is 1.14 bits per heavy atom. The number of ether oxygens (including phenoxy) is 1. The quantitative estimate of drug-likeness (QED) is 0.421. The van der Waals surface area contributed by atoms with Crippen LogP contribution in [0.5, 0.6) is 0 Å². The fraction of sp³-hybridized carbons (Fsp3) is 0.429. The zero-order valence-electron chi connectivity index (χ0n) is 21.5. The van der Waals surface area contributed by atoms with Gasteiger partial charge in [-0.3, -0.25) is 4.79 Å². The first-order valence-electron chi connectivity index (χ1n) is 12.1. The molecular weight excluding hydrogens is 459 g/mol. The van der Waals surface area contributed by atoms with Gasteiger partial charge in [-0.05, 0) is 11.0 Å². The molecule has 3 unspecified atom stereocenters. The van der Waals surface area contributed by atoms with E-state index < -0.39 is 30.3 Å². The molecule has 1 aromatic heterocycles. The number of carbonyl (C=O) groups excluding carboxylic acids is 1. The molecule has 1 heterocycles. The van der Waals surface area contributed by atoms with Crippen LogP contribution in [0.15, 0.2) is 66.9 Å². The van der Waals surface area contributed by atoms with Crippen LogP contribution in [0.25, 0.3) is 11.3 Å². The molecule has 3 rings (SSSR count). The van der Waals surface area contributed by atoms with Crippen LogP contribution in [0.3, 0.4) is 0 Å². The van der Waals surface area contributed by atoms with E-state index >= 15 is 4.39 Å². The molecule has 194 valence electrons. The third-order valence-electron chi connectivity index (χ3n) is 6.08. The van der Waals surface area contributed by atoms with E-state index in [-0.39, 0.29) is 19.1 Å². The Morgan fingerprint density at radius 2 is 1.75 bits per heavy atom. The summed E-state index contributed by atoms with van der Waals surface area (Å²) in [4.78, 5) is 19.8. The van der Waals surface area contributed by atoms with Crippen molar-refractivity contribution in [2.45, 2.75) is 45.6 Å². The van der Waals surface area contributed by atoms with E-state index in [9.17, 15) is 9.90 Å². The molecule has 0 aliphatic carbocycles. The molecule has 2 aromatic carbocycles. The normalized spacial score (nSPS) is 14.3. The van der Waals surface area contributed by atoms with Gasteiger partial charge in [0, 0.05) is 25.4 Å². The average molecular weight is 497 g/mol. The second kappa shape index (κ2) is 12.3. The van der Waals surface area contributed by atoms with Gasteiger partial charge in [-0.2, -0.15) is 0 Å². The van der Waals surface area contributed by atoms with Gasteiger partial charge < -0.3 is 25.0 Å².